The summed E-state index contributed by atoms with van der Waals surface area (Å²) in [7, 11) is 5.06. The Morgan fingerprint density at radius 2 is 1.83 bits per heavy atom. The van der Waals surface area contributed by atoms with Crippen molar-refractivity contribution in [3.8, 4) is 11.5 Å². The molecule has 0 fully saturated rings. The molecule has 0 radical (unpaired) electrons. The molecule has 1 atom stereocenters. The zero-order valence-corrected chi connectivity index (χ0v) is 20.6. The lowest BCUT2D eigenvalue weighted by molar-refractivity contribution is -0.127. The van der Waals surface area contributed by atoms with Gasteiger partial charge in [-0.15, -0.1) is 24.0 Å². The molecule has 0 aliphatic carbocycles. The van der Waals surface area contributed by atoms with Gasteiger partial charge in [0.25, 0.3) is 0 Å². The van der Waals surface area contributed by atoms with Crippen LogP contribution in [0.5, 0.6) is 11.5 Å². The van der Waals surface area contributed by atoms with Crippen LogP contribution in [0.4, 0.5) is 0 Å². The summed E-state index contributed by atoms with van der Waals surface area (Å²) in [5.41, 5.74) is 1.02. The molecule has 0 aromatic heterocycles. The van der Waals surface area contributed by atoms with E-state index in [-0.39, 0.29) is 42.5 Å². The molecule has 0 bridgehead atoms. The van der Waals surface area contributed by atoms with Crippen molar-refractivity contribution >= 4 is 35.8 Å². The lowest BCUT2D eigenvalue weighted by atomic mass is 10.1. The Kier molecular flexibility index (Phi) is 14.2. The van der Waals surface area contributed by atoms with Crippen LogP contribution in [-0.2, 0) is 9.53 Å². The van der Waals surface area contributed by atoms with Crippen molar-refractivity contribution in [1.29, 1.82) is 0 Å². The molecule has 8 nitrogen and oxygen atoms in total. The fourth-order valence-corrected chi connectivity index (χ4v) is 2.34. The largest absolute Gasteiger partial charge is 0.490 e. The second kappa shape index (κ2) is 15.1. The Hall–Kier alpha value is -1.75. The number of nitrogens with zero attached hydrogens (tertiary/aromatic N) is 2. The van der Waals surface area contributed by atoms with E-state index in [1.807, 2.05) is 39.0 Å². The molecule has 29 heavy (non-hydrogen) atoms. The first-order chi connectivity index (χ1) is 13.4. The number of halogens is 1. The molecule has 0 aliphatic heterocycles. The van der Waals surface area contributed by atoms with E-state index in [4.69, 9.17) is 14.2 Å². The van der Waals surface area contributed by atoms with Gasteiger partial charge in [0.2, 0.25) is 5.91 Å². The minimum atomic E-state index is -0.0693. The number of methoxy groups -OCH3 is 1. The van der Waals surface area contributed by atoms with Crippen molar-refractivity contribution in [2.45, 2.75) is 26.8 Å². The fraction of sp³-hybridized carbons (Fsp3) is 0.600. The quantitative estimate of drug-likeness (QED) is 0.201. The van der Waals surface area contributed by atoms with Gasteiger partial charge in [0.05, 0.1) is 25.9 Å². The van der Waals surface area contributed by atoms with Crippen molar-refractivity contribution in [3.63, 3.8) is 0 Å². The number of aliphatic imine (C=N–C) groups is 1. The van der Waals surface area contributed by atoms with Gasteiger partial charge in [0.1, 0.15) is 6.54 Å². The summed E-state index contributed by atoms with van der Waals surface area (Å²) >= 11 is 0. The fourth-order valence-electron chi connectivity index (χ4n) is 2.34. The predicted molar refractivity (Wildman–Crippen MR) is 127 cm³/mol. The van der Waals surface area contributed by atoms with E-state index in [0.717, 1.165) is 11.3 Å². The molecule has 0 saturated carbocycles. The molecule has 1 unspecified atom stereocenters. The van der Waals surface area contributed by atoms with E-state index >= 15 is 0 Å². The Morgan fingerprint density at radius 1 is 1.17 bits per heavy atom. The van der Waals surface area contributed by atoms with Crippen molar-refractivity contribution in [3.05, 3.63) is 23.8 Å². The first-order valence-corrected chi connectivity index (χ1v) is 9.56. The van der Waals surface area contributed by atoms with Gasteiger partial charge in [-0.2, -0.15) is 0 Å². The molecule has 1 rings (SSSR count). The van der Waals surface area contributed by atoms with Crippen LogP contribution in [0.2, 0.25) is 0 Å². The zero-order chi connectivity index (χ0) is 20.9. The van der Waals surface area contributed by atoms with Crippen molar-refractivity contribution in [1.82, 2.24) is 15.5 Å². The van der Waals surface area contributed by atoms with Gasteiger partial charge in [-0.25, -0.2) is 4.99 Å². The van der Waals surface area contributed by atoms with Crippen LogP contribution < -0.4 is 20.1 Å². The summed E-state index contributed by atoms with van der Waals surface area (Å²) in [5.74, 6) is 1.92. The van der Waals surface area contributed by atoms with E-state index in [2.05, 4.69) is 15.6 Å². The molecular formula is C20H35IN4O4. The van der Waals surface area contributed by atoms with Crippen LogP contribution >= 0.6 is 24.0 Å². The molecule has 0 heterocycles. The second-order valence-corrected chi connectivity index (χ2v) is 6.31. The second-order valence-electron chi connectivity index (χ2n) is 6.31. The number of hydrogen-bond donors (Lipinski definition) is 2. The highest BCUT2D eigenvalue weighted by molar-refractivity contribution is 14.0. The maximum absolute atomic E-state index is 11.9. The molecule has 9 heteroatoms. The molecule has 166 valence electrons. The molecule has 1 aromatic rings. The lowest BCUT2D eigenvalue weighted by Gasteiger charge is -2.20. The third kappa shape index (κ3) is 10.0. The number of guanidine groups is 1. The first-order valence-electron chi connectivity index (χ1n) is 9.56. The summed E-state index contributed by atoms with van der Waals surface area (Å²) in [6.45, 7) is 8.22. The average molecular weight is 522 g/mol. The Labute approximate surface area is 191 Å². The number of carbonyl (C=O) groups is 1. The molecule has 0 spiro atoms. The summed E-state index contributed by atoms with van der Waals surface area (Å²) < 4.78 is 16.4. The van der Waals surface area contributed by atoms with E-state index in [1.54, 1.807) is 21.2 Å². The summed E-state index contributed by atoms with van der Waals surface area (Å²) in [4.78, 5) is 17.8. The minimum Gasteiger partial charge on any atom is -0.490 e. The minimum absolute atomic E-state index is 0. The predicted octanol–water partition coefficient (Wildman–Crippen LogP) is 2.43. The van der Waals surface area contributed by atoms with Gasteiger partial charge in [-0.1, -0.05) is 6.07 Å². The van der Waals surface area contributed by atoms with E-state index < -0.39 is 0 Å². The van der Waals surface area contributed by atoms with Gasteiger partial charge in [0, 0.05) is 27.7 Å². The van der Waals surface area contributed by atoms with Crippen LogP contribution in [-0.4, -0.2) is 70.9 Å². The van der Waals surface area contributed by atoms with Crippen LogP contribution in [0.3, 0.4) is 0 Å². The van der Waals surface area contributed by atoms with Crippen molar-refractivity contribution in [2.24, 2.45) is 4.99 Å². The van der Waals surface area contributed by atoms with Gasteiger partial charge in [-0.05, 0) is 38.5 Å². The summed E-state index contributed by atoms with van der Waals surface area (Å²) in [5, 5.41) is 6.50. The SMILES string of the molecule is CCOc1ccc(C(C)NC(=NCC(=O)N(C)C)NCCOC)cc1OCC.I. The van der Waals surface area contributed by atoms with Gasteiger partial charge in [-0.3, -0.25) is 4.79 Å². The molecule has 0 saturated heterocycles. The molecule has 1 amide bonds. The van der Waals surface area contributed by atoms with E-state index in [9.17, 15) is 4.79 Å². The Morgan fingerprint density at radius 3 is 2.41 bits per heavy atom. The number of hydrogen-bond acceptors (Lipinski definition) is 5. The molecule has 2 N–H and O–H groups in total. The smallest absolute Gasteiger partial charge is 0.243 e. The highest BCUT2D eigenvalue weighted by Gasteiger charge is 2.13. The summed E-state index contributed by atoms with van der Waals surface area (Å²) in [6.07, 6.45) is 0. The van der Waals surface area contributed by atoms with Gasteiger partial charge < -0.3 is 29.7 Å². The number of benzene rings is 1. The normalized spacial score (nSPS) is 11.9. The van der Waals surface area contributed by atoms with Gasteiger partial charge in [0.15, 0.2) is 17.5 Å². The highest BCUT2D eigenvalue weighted by atomic mass is 127. The van der Waals surface area contributed by atoms with Crippen LogP contribution in [0.1, 0.15) is 32.4 Å². The Bertz CT molecular complexity index is 641. The number of likely N-dealkylation sites (N-methyl/N-ethyl adjacent to an activating group) is 1. The summed E-state index contributed by atoms with van der Waals surface area (Å²) in [6, 6.07) is 5.80. The molecule has 1 aromatic carbocycles. The monoisotopic (exact) mass is 522 g/mol. The van der Waals surface area contributed by atoms with Crippen LogP contribution in [0.15, 0.2) is 23.2 Å². The first kappa shape index (κ1) is 27.2. The highest BCUT2D eigenvalue weighted by Crippen LogP contribution is 2.30. The molecular weight excluding hydrogens is 487 g/mol. The number of rotatable bonds is 11. The third-order valence-corrected chi connectivity index (χ3v) is 3.89. The number of nitrogens with one attached hydrogen (secondary N) is 2. The van der Waals surface area contributed by atoms with Crippen LogP contribution in [0, 0.1) is 0 Å². The zero-order valence-electron chi connectivity index (χ0n) is 18.3. The number of amides is 1. The molecule has 0 aliphatic rings. The maximum atomic E-state index is 11.9. The standard InChI is InChI=1S/C20H34N4O4.HI/c1-7-27-17-10-9-16(13-18(17)28-8-2)15(3)23-20(21-11-12-26-6)22-14-19(25)24(4)5;/h9-10,13,15H,7-8,11-12,14H2,1-6H3,(H2,21,22,23);1H. The average Bonchev–Trinajstić information content (AvgIpc) is 2.67. The van der Waals surface area contributed by atoms with Gasteiger partial charge >= 0.3 is 0 Å². The maximum Gasteiger partial charge on any atom is 0.243 e. The third-order valence-electron chi connectivity index (χ3n) is 3.89. The number of ether oxygens (including phenoxy) is 3. The van der Waals surface area contributed by atoms with E-state index in [0.29, 0.717) is 38.1 Å². The van der Waals surface area contributed by atoms with Crippen LogP contribution in [0.25, 0.3) is 0 Å². The number of carbonyl (C=O) groups excluding carboxylic acids is 1. The van der Waals surface area contributed by atoms with E-state index in [1.165, 1.54) is 4.90 Å². The van der Waals surface area contributed by atoms with Crippen molar-refractivity contribution in [2.75, 3.05) is 54.1 Å². The topological polar surface area (TPSA) is 84.4 Å². The Balaban J connectivity index is 0.00000784. The van der Waals surface area contributed by atoms with Crippen molar-refractivity contribution < 1.29 is 19.0 Å². The lowest BCUT2D eigenvalue weighted by Crippen LogP contribution is -2.41.